The number of carbonyl (C=O) groups excluding carboxylic acids is 2. The predicted octanol–water partition coefficient (Wildman–Crippen LogP) is 2.67. The number of anilines is 1. The fraction of sp³-hybridized carbons (Fsp3) is 0.667. The van der Waals surface area contributed by atoms with Gasteiger partial charge in [0.05, 0.1) is 12.5 Å². The fourth-order valence-electron chi connectivity index (χ4n) is 5.66. The molecule has 3 heterocycles. The Morgan fingerprint density at radius 1 is 1.22 bits per heavy atom. The first-order valence-electron chi connectivity index (χ1n) is 11.7. The summed E-state index contributed by atoms with van der Waals surface area (Å²) >= 11 is 0. The van der Waals surface area contributed by atoms with Crippen LogP contribution >= 0.6 is 0 Å². The lowest BCUT2D eigenvalue weighted by Gasteiger charge is -2.45. The number of nitrogens with zero attached hydrogens (tertiary/aromatic N) is 4. The summed E-state index contributed by atoms with van der Waals surface area (Å²) in [5, 5.41) is 9.47. The van der Waals surface area contributed by atoms with Crippen molar-refractivity contribution in [1.29, 1.82) is 0 Å². The number of halogens is 1. The SMILES string of the molecule is C[C@H](O)CC(=O)N1CCC(N2CCC3(CC2)CN(C(=O)N(C)C)c2ccc(F)cc23)CC1.[HH]. The van der Waals surface area contributed by atoms with Crippen LogP contribution in [-0.2, 0) is 10.2 Å². The van der Waals surface area contributed by atoms with E-state index >= 15 is 0 Å². The summed E-state index contributed by atoms with van der Waals surface area (Å²) < 4.78 is 14.2. The molecule has 3 aliphatic rings. The highest BCUT2D eigenvalue weighted by Crippen LogP contribution is 2.48. The van der Waals surface area contributed by atoms with Crippen LogP contribution < -0.4 is 4.90 Å². The number of carbonyl (C=O) groups is 2. The number of hydrogen-bond acceptors (Lipinski definition) is 4. The summed E-state index contributed by atoms with van der Waals surface area (Å²) in [6.07, 6.45) is 3.25. The van der Waals surface area contributed by atoms with Crippen molar-refractivity contribution in [3.63, 3.8) is 0 Å². The molecule has 32 heavy (non-hydrogen) atoms. The molecule has 1 N–H and O–H groups in total. The monoisotopic (exact) mass is 448 g/mol. The molecular formula is C24H37FN4O3. The second-order valence-corrected chi connectivity index (χ2v) is 9.91. The Hall–Kier alpha value is -2.19. The first-order chi connectivity index (χ1) is 15.2. The molecule has 1 aromatic rings. The van der Waals surface area contributed by atoms with E-state index in [-0.39, 0.29) is 31.0 Å². The maximum atomic E-state index is 14.2. The number of likely N-dealkylation sites (tertiary alicyclic amines) is 2. The van der Waals surface area contributed by atoms with Gasteiger partial charge in [0.1, 0.15) is 5.82 Å². The maximum absolute atomic E-state index is 14.2. The van der Waals surface area contributed by atoms with Crippen molar-refractivity contribution < 1.29 is 20.5 Å². The van der Waals surface area contributed by atoms with Crippen molar-refractivity contribution in [2.45, 2.75) is 56.6 Å². The quantitative estimate of drug-likeness (QED) is 0.772. The van der Waals surface area contributed by atoms with E-state index in [2.05, 4.69) is 4.90 Å². The van der Waals surface area contributed by atoms with Crippen LogP contribution in [0.2, 0.25) is 0 Å². The number of rotatable bonds is 3. The summed E-state index contributed by atoms with van der Waals surface area (Å²) in [4.78, 5) is 32.8. The van der Waals surface area contributed by atoms with Crippen LogP contribution in [0.3, 0.4) is 0 Å². The van der Waals surface area contributed by atoms with Crippen LogP contribution in [0.15, 0.2) is 18.2 Å². The molecule has 0 aliphatic carbocycles. The van der Waals surface area contributed by atoms with E-state index in [1.54, 1.807) is 43.0 Å². The molecule has 0 bridgehead atoms. The number of aliphatic hydroxyl groups excluding tert-OH is 1. The first kappa shape index (κ1) is 23.0. The molecule has 1 aromatic carbocycles. The Morgan fingerprint density at radius 3 is 2.47 bits per heavy atom. The molecule has 178 valence electrons. The molecule has 2 fully saturated rings. The van der Waals surface area contributed by atoms with Crippen molar-refractivity contribution in [2.24, 2.45) is 0 Å². The Morgan fingerprint density at radius 2 is 1.88 bits per heavy atom. The molecule has 4 rings (SSSR count). The van der Waals surface area contributed by atoms with Crippen molar-refractivity contribution in [2.75, 3.05) is 51.7 Å². The van der Waals surface area contributed by atoms with Gasteiger partial charge >= 0.3 is 6.03 Å². The van der Waals surface area contributed by atoms with Gasteiger partial charge in [0.25, 0.3) is 0 Å². The van der Waals surface area contributed by atoms with Gasteiger partial charge in [-0.15, -0.1) is 0 Å². The molecule has 0 unspecified atom stereocenters. The molecule has 3 amide bonds. The normalized spacial score (nSPS) is 22.2. The van der Waals surface area contributed by atoms with E-state index in [1.165, 1.54) is 6.07 Å². The second kappa shape index (κ2) is 8.98. The highest BCUT2D eigenvalue weighted by molar-refractivity contribution is 5.95. The Bertz CT molecular complexity index is 865. The molecule has 0 saturated carbocycles. The minimum absolute atomic E-state index is 0. The van der Waals surface area contributed by atoms with Gasteiger partial charge < -0.3 is 19.8 Å². The summed E-state index contributed by atoms with van der Waals surface area (Å²) in [6, 6.07) is 5.19. The minimum Gasteiger partial charge on any atom is -0.393 e. The summed E-state index contributed by atoms with van der Waals surface area (Å²) in [5.41, 5.74) is 1.60. The van der Waals surface area contributed by atoms with Gasteiger partial charge in [-0.05, 0) is 69.5 Å². The van der Waals surface area contributed by atoms with E-state index in [4.69, 9.17) is 0 Å². The zero-order valence-electron chi connectivity index (χ0n) is 19.4. The standard InChI is InChI=1S/C24H35FN4O3.H2/c1-17(30)14-22(31)28-10-6-19(7-11-28)27-12-8-24(9-13-27)16-29(23(32)26(2)3)21-5-4-18(25)15-20(21)24;/h4-5,15,17,19,30H,6-14,16H2,1-3H3;1H/t17-;/m0./s1. The van der Waals surface area contributed by atoms with Gasteiger partial charge in [-0.2, -0.15) is 0 Å². The Kier molecular flexibility index (Phi) is 6.45. The molecule has 0 aromatic heterocycles. The Balaban J connectivity index is 0.00000306. The lowest BCUT2D eigenvalue weighted by atomic mass is 9.74. The van der Waals surface area contributed by atoms with E-state index < -0.39 is 6.10 Å². The van der Waals surface area contributed by atoms with Crippen LogP contribution in [0.25, 0.3) is 0 Å². The molecule has 8 heteroatoms. The van der Waals surface area contributed by atoms with Crippen molar-refractivity contribution >= 4 is 17.6 Å². The average Bonchev–Trinajstić information content (AvgIpc) is 3.06. The van der Waals surface area contributed by atoms with E-state index in [1.807, 2.05) is 4.90 Å². The van der Waals surface area contributed by atoms with E-state index in [0.29, 0.717) is 12.6 Å². The number of urea groups is 1. The van der Waals surface area contributed by atoms with Crippen LogP contribution in [0.5, 0.6) is 0 Å². The lowest BCUT2D eigenvalue weighted by Crippen LogP contribution is -2.53. The lowest BCUT2D eigenvalue weighted by molar-refractivity contribution is -0.134. The van der Waals surface area contributed by atoms with E-state index in [0.717, 1.165) is 63.1 Å². The van der Waals surface area contributed by atoms with Gasteiger partial charge in [0.2, 0.25) is 5.91 Å². The molecule has 0 radical (unpaired) electrons. The number of amides is 3. The molecule has 3 aliphatic heterocycles. The summed E-state index contributed by atoms with van der Waals surface area (Å²) in [6.45, 7) is 5.53. The average molecular weight is 449 g/mol. The van der Waals surface area contributed by atoms with Crippen molar-refractivity contribution in [3.05, 3.63) is 29.6 Å². The van der Waals surface area contributed by atoms with Crippen molar-refractivity contribution in [3.8, 4) is 0 Å². The van der Waals surface area contributed by atoms with Gasteiger partial charge in [0, 0.05) is 52.3 Å². The zero-order chi connectivity index (χ0) is 23.0. The van der Waals surface area contributed by atoms with Crippen molar-refractivity contribution in [1.82, 2.24) is 14.7 Å². The van der Waals surface area contributed by atoms with Crippen LogP contribution in [0, 0.1) is 5.82 Å². The van der Waals surface area contributed by atoms with Crippen LogP contribution in [-0.4, -0.2) is 90.7 Å². The maximum Gasteiger partial charge on any atom is 0.323 e. The number of fused-ring (bicyclic) bond motifs is 2. The largest absolute Gasteiger partial charge is 0.393 e. The first-order valence-corrected chi connectivity index (χ1v) is 11.7. The third kappa shape index (κ3) is 4.35. The third-order valence-corrected chi connectivity index (χ3v) is 7.45. The summed E-state index contributed by atoms with van der Waals surface area (Å²) in [5.74, 6) is -0.217. The number of piperidine rings is 2. The second-order valence-electron chi connectivity index (χ2n) is 9.91. The zero-order valence-corrected chi connectivity index (χ0v) is 19.4. The predicted molar refractivity (Wildman–Crippen MR) is 123 cm³/mol. The van der Waals surface area contributed by atoms with Crippen LogP contribution in [0.1, 0.15) is 46.0 Å². The molecule has 7 nitrogen and oxygen atoms in total. The number of aliphatic hydroxyl groups is 1. The topological polar surface area (TPSA) is 67.3 Å². The number of hydrogen-bond donors (Lipinski definition) is 1. The van der Waals surface area contributed by atoms with E-state index in [9.17, 15) is 19.1 Å². The van der Waals surface area contributed by atoms with Gasteiger partial charge in [-0.3, -0.25) is 9.69 Å². The van der Waals surface area contributed by atoms with Gasteiger partial charge in [0.15, 0.2) is 0 Å². The Labute approximate surface area is 191 Å². The molecule has 1 spiro atoms. The molecule has 1 atom stereocenters. The molecular weight excluding hydrogens is 411 g/mol. The minimum atomic E-state index is -0.600. The van der Waals surface area contributed by atoms with Gasteiger partial charge in [-0.1, -0.05) is 0 Å². The highest BCUT2D eigenvalue weighted by atomic mass is 19.1. The molecule has 2 saturated heterocycles. The fourth-order valence-corrected chi connectivity index (χ4v) is 5.66. The third-order valence-electron chi connectivity index (χ3n) is 7.45. The smallest absolute Gasteiger partial charge is 0.323 e. The van der Waals surface area contributed by atoms with Gasteiger partial charge in [-0.25, -0.2) is 9.18 Å². The summed E-state index contributed by atoms with van der Waals surface area (Å²) in [7, 11) is 3.49. The van der Waals surface area contributed by atoms with Crippen LogP contribution in [0.4, 0.5) is 14.9 Å². The highest BCUT2D eigenvalue weighted by Gasteiger charge is 2.47. The number of benzene rings is 1.